The first-order valence-corrected chi connectivity index (χ1v) is 11.8. The van der Waals surface area contributed by atoms with Crippen molar-refractivity contribution in [1.82, 2.24) is 0 Å². The van der Waals surface area contributed by atoms with Gasteiger partial charge in [0.1, 0.15) is 13.2 Å². The molecule has 7 nitrogen and oxygen atoms in total. The van der Waals surface area contributed by atoms with Gasteiger partial charge in [-0.2, -0.15) is 0 Å². The number of aryl methyl sites for hydroxylation is 1. The van der Waals surface area contributed by atoms with Crippen molar-refractivity contribution >= 4 is 17.9 Å². The molecule has 37 heavy (non-hydrogen) atoms. The summed E-state index contributed by atoms with van der Waals surface area (Å²) in [7, 11) is 3.17. The standard InChI is InChI=1S/C30H29NO6/c1-5-6-21-9-13-25(27(18-21)33-3)35-15-16-36-26-14-10-22(19-28(26)34-4)17-24-30(32)37-29(31-24)23-11-7-20(2)8-12-23/h5,7-14,17-19H,1,6,15-16H2,2-4H3. The van der Waals surface area contributed by atoms with Gasteiger partial charge < -0.3 is 23.7 Å². The third kappa shape index (κ3) is 6.38. The SMILES string of the molecule is C=CCc1ccc(OCCOc2ccc(C=C3N=C(c4ccc(C)cc4)OC3=O)cc2OC)c(OC)c1. The van der Waals surface area contributed by atoms with Gasteiger partial charge >= 0.3 is 5.97 Å². The Hall–Kier alpha value is -4.52. The van der Waals surface area contributed by atoms with Gasteiger partial charge in [-0.3, -0.25) is 0 Å². The molecule has 0 amide bonds. The number of carbonyl (C=O) groups excluding carboxylic acids is 1. The molecule has 0 aromatic heterocycles. The van der Waals surface area contributed by atoms with Crippen LogP contribution in [0, 0.1) is 6.92 Å². The van der Waals surface area contributed by atoms with Gasteiger partial charge in [0.05, 0.1) is 14.2 Å². The minimum absolute atomic E-state index is 0.216. The molecule has 1 heterocycles. The van der Waals surface area contributed by atoms with Gasteiger partial charge in [0, 0.05) is 5.56 Å². The summed E-state index contributed by atoms with van der Waals surface area (Å²) in [6.45, 7) is 6.36. The van der Waals surface area contributed by atoms with Crippen LogP contribution in [-0.4, -0.2) is 39.3 Å². The molecule has 0 bridgehead atoms. The van der Waals surface area contributed by atoms with Crippen molar-refractivity contribution in [2.75, 3.05) is 27.4 Å². The molecule has 0 unspecified atom stereocenters. The van der Waals surface area contributed by atoms with E-state index < -0.39 is 5.97 Å². The summed E-state index contributed by atoms with van der Waals surface area (Å²) in [5.74, 6) is 2.17. The predicted molar refractivity (Wildman–Crippen MR) is 143 cm³/mol. The Morgan fingerprint density at radius 2 is 1.51 bits per heavy atom. The minimum Gasteiger partial charge on any atom is -0.493 e. The first-order chi connectivity index (χ1) is 18.0. The number of ether oxygens (including phenoxy) is 5. The Kier molecular flexibility index (Phi) is 8.26. The quantitative estimate of drug-likeness (QED) is 0.149. The molecule has 3 aromatic rings. The maximum Gasteiger partial charge on any atom is 0.363 e. The average molecular weight is 500 g/mol. The molecule has 190 valence electrons. The fourth-order valence-electron chi connectivity index (χ4n) is 3.71. The third-order valence-electron chi connectivity index (χ3n) is 5.62. The fraction of sp³-hybridized carbons (Fsp3) is 0.200. The van der Waals surface area contributed by atoms with Gasteiger partial charge in [-0.25, -0.2) is 9.79 Å². The zero-order valence-corrected chi connectivity index (χ0v) is 21.2. The van der Waals surface area contributed by atoms with Gasteiger partial charge in [-0.1, -0.05) is 35.9 Å². The number of benzene rings is 3. The Balaban J connectivity index is 1.39. The average Bonchev–Trinajstić information content (AvgIpc) is 3.27. The molecule has 4 rings (SSSR count). The molecule has 0 radical (unpaired) electrons. The van der Waals surface area contributed by atoms with Gasteiger partial charge in [0.2, 0.25) is 5.90 Å². The lowest BCUT2D eigenvalue weighted by atomic mass is 10.1. The molecule has 0 aliphatic carbocycles. The molecule has 0 fully saturated rings. The number of carbonyl (C=O) groups is 1. The highest BCUT2D eigenvalue weighted by Crippen LogP contribution is 2.31. The van der Waals surface area contributed by atoms with Gasteiger partial charge in [-0.15, -0.1) is 6.58 Å². The summed E-state index contributed by atoms with van der Waals surface area (Å²) in [6, 6.07) is 18.8. The predicted octanol–water partition coefficient (Wildman–Crippen LogP) is 5.54. The maximum atomic E-state index is 12.4. The third-order valence-corrected chi connectivity index (χ3v) is 5.62. The Morgan fingerprint density at radius 1 is 0.865 bits per heavy atom. The van der Waals surface area contributed by atoms with Crippen LogP contribution in [0.2, 0.25) is 0 Å². The number of nitrogens with zero attached hydrogens (tertiary/aromatic N) is 1. The highest BCUT2D eigenvalue weighted by Gasteiger charge is 2.24. The van der Waals surface area contributed by atoms with Crippen molar-refractivity contribution in [2.24, 2.45) is 4.99 Å². The molecule has 0 atom stereocenters. The van der Waals surface area contributed by atoms with Crippen LogP contribution in [-0.2, 0) is 16.0 Å². The highest BCUT2D eigenvalue weighted by atomic mass is 16.6. The van der Waals surface area contributed by atoms with Crippen molar-refractivity contribution in [3.63, 3.8) is 0 Å². The van der Waals surface area contributed by atoms with Crippen LogP contribution in [0.5, 0.6) is 23.0 Å². The lowest BCUT2D eigenvalue weighted by molar-refractivity contribution is -0.129. The summed E-state index contributed by atoms with van der Waals surface area (Å²) in [6.07, 6.45) is 4.25. The molecule has 7 heteroatoms. The number of cyclic esters (lactones) is 1. The molecule has 1 aliphatic heterocycles. The van der Waals surface area contributed by atoms with Crippen LogP contribution in [0.1, 0.15) is 22.3 Å². The zero-order valence-electron chi connectivity index (χ0n) is 21.2. The topological polar surface area (TPSA) is 75.6 Å². The van der Waals surface area contributed by atoms with E-state index in [4.69, 9.17) is 23.7 Å². The number of hydrogen-bond acceptors (Lipinski definition) is 7. The zero-order chi connectivity index (χ0) is 26.2. The van der Waals surface area contributed by atoms with Crippen LogP contribution in [0.3, 0.4) is 0 Å². The summed E-state index contributed by atoms with van der Waals surface area (Å²) >= 11 is 0. The molecule has 0 N–H and O–H groups in total. The minimum atomic E-state index is -0.500. The summed E-state index contributed by atoms with van der Waals surface area (Å²) < 4.78 is 28.0. The van der Waals surface area contributed by atoms with E-state index in [1.54, 1.807) is 32.4 Å². The van der Waals surface area contributed by atoms with E-state index in [1.807, 2.05) is 61.5 Å². The van der Waals surface area contributed by atoms with Gasteiger partial charge in [0.25, 0.3) is 0 Å². The van der Waals surface area contributed by atoms with E-state index >= 15 is 0 Å². The lowest BCUT2D eigenvalue weighted by Gasteiger charge is -2.14. The van der Waals surface area contributed by atoms with E-state index in [9.17, 15) is 4.79 Å². The van der Waals surface area contributed by atoms with E-state index in [2.05, 4.69) is 11.6 Å². The van der Waals surface area contributed by atoms with Crippen molar-refractivity contribution < 1.29 is 28.5 Å². The van der Waals surface area contributed by atoms with Crippen LogP contribution < -0.4 is 18.9 Å². The second-order valence-electron chi connectivity index (χ2n) is 8.29. The van der Waals surface area contributed by atoms with Gasteiger partial charge in [-0.05, 0) is 66.9 Å². The van der Waals surface area contributed by atoms with E-state index in [1.165, 1.54) is 0 Å². The van der Waals surface area contributed by atoms with Crippen molar-refractivity contribution in [3.05, 3.63) is 101 Å². The van der Waals surface area contributed by atoms with Crippen LogP contribution in [0.25, 0.3) is 6.08 Å². The number of aliphatic imine (C=N–C) groups is 1. The molecular weight excluding hydrogens is 470 g/mol. The Morgan fingerprint density at radius 3 is 2.16 bits per heavy atom. The van der Waals surface area contributed by atoms with Crippen molar-refractivity contribution in [1.29, 1.82) is 0 Å². The fourth-order valence-corrected chi connectivity index (χ4v) is 3.71. The normalized spacial score (nSPS) is 13.6. The van der Waals surface area contributed by atoms with E-state index in [0.29, 0.717) is 36.2 Å². The lowest BCUT2D eigenvalue weighted by Crippen LogP contribution is -2.10. The van der Waals surface area contributed by atoms with E-state index in [0.717, 1.165) is 28.7 Å². The van der Waals surface area contributed by atoms with Crippen LogP contribution in [0.15, 0.2) is 84.0 Å². The second kappa shape index (κ2) is 11.9. The maximum absolute atomic E-state index is 12.4. The van der Waals surface area contributed by atoms with Gasteiger partial charge in [0.15, 0.2) is 28.7 Å². The molecular formula is C30H29NO6. The largest absolute Gasteiger partial charge is 0.493 e. The molecule has 0 saturated carbocycles. The first-order valence-electron chi connectivity index (χ1n) is 11.8. The molecule has 0 spiro atoms. The Labute approximate surface area is 216 Å². The van der Waals surface area contributed by atoms with Crippen molar-refractivity contribution in [3.8, 4) is 23.0 Å². The summed E-state index contributed by atoms with van der Waals surface area (Å²) in [5, 5.41) is 0. The Bertz CT molecular complexity index is 1340. The molecule has 1 aliphatic rings. The van der Waals surface area contributed by atoms with E-state index in [-0.39, 0.29) is 11.6 Å². The number of allylic oxidation sites excluding steroid dienone is 1. The highest BCUT2D eigenvalue weighted by molar-refractivity contribution is 6.12. The number of rotatable bonds is 11. The monoisotopic (exact) mass is 499 g/mol. The summed E-state index contributed by atoms with van der Waals surface area (Å²) in [4.78, 5) is 16.7. The first kappa shape index (κ1) is 25.6. The number of esters is 1. The smallest absolute Gasteiger partial charge is 0.363 e. The van der Waals surface area contributed by atoms with Crippen molar-refractivity contribution in [2.45, 2.75) is 13.3 Å². The number of methoxy groups -OCH3 is 2. The molecule has 3 aromatic carbocycles. The molecule has 0 saturated heterocycles. The summed E-state index contributed by atoms with van der Waals surface area (Å²) in [5.41, 5.74) is 3.90. The van der Waals surface area contributed by atoms with Crippen LogP contribution >= 0.6 is 0 Å². The second-order valence-corrected chi connectivity index (χ2v) is 8.29. The number of hydrogen-bond donors (Lipinski definition) is 0. The van der Waals surface area contributed by atoms with Crippen LogP contribution in [0.4, 0.5) is 0 Å².